The van der Waals surface area contributed by atoms with Crippen molar-refractivity contribution in [3.63, 3.8) is 0 Å². The standard InChI is InChI=1S/C34H36F3N7O10S/c1-31(2,3)51-29(46)38-21-15-55(48,49)23-12-11-20(25-39-27(53-43-25)33(16-50-17-33)41-30(47)52-32(4,5)6)13-22(23)44(26(21)45)14-18-7-9-19(10-8-18)24-40-28(54-42-24)34(35,36)37/h7-13,21H,14-17H2,1-6H3,(H,38,46)(H,41,47)/t21-/m0/s1. The molecule has 3 amide bonds. The van der Waals surface area contributed by atoms with E-state index in [2.05, 4.69) is 35.4 Å². The van der Waals surface area contributed by atoms with Gasteiger partial charge < -0.3 is 38.8 Å². The van der Waals surface area contributed by atoms with Crippen LogP contribution in [0.1, 0.15) is 58.9 Å². The van der Waals surface area contributed by atoms with Crippen molar-refractivity contribution in [2.75, 3.05) is 23.9 Å². The van der Waals surface area contributed by atoms with Gasteiger partial charge in [-0.15, -0.1) is 0 Å². The SMILES string of the molecule is CC(C)(C)OC(=O)N[C@H]1CS(=O)(=O)c2ccc(-c3noc(C4(NC(=O)OC(C)(C)C)COC4)n3)cc2N(Cc2ccc(-c3noc(C(F)(F)F)n3)cc2)C1=O. The molecule has 0 spiro atoms. The Kier molecular flexibility index (Phi) is 9.91. The van der Waals surface area contributed by atoms with Crippen molar-refractivity contribution in [3.8, 4) is 22.8 Å². The fourth-order valence-electron chi connectivity index (χ4n) is 5.52. The van der Waals surface area contributed by atoms with Crippen molar-refractivity contribution >= 4 is 33.6 Å². The van der Waals surface area contributed by atoms with Gasteiger partial charge in [-0.3, -0.25) is 4.79 Å². The van der Waals surface area contributed by atoms with Crippen molar-refractivity contribution in [3.05, 3.63) is 59.8 Å². The Balaban J connectivity index is 1.35. The third-order valence-electron chi connectivity index (χ3n) is 7.98. The van der Waals surface area contributed by atoms with Gasteiger partial charge in [-0.1, -0.05) is 34.6 Å². The number of alkyl carbamates (subject to hydrolysis) is 2. The molecule has 4 aromatic rings. The average Bonchev–Trinajstić information content (AvgIpc) is 3.73. The number of anilines is 1. The molecule has 294 valence electrons. The van der Waals surface area contributed by atoms with Crippen LogP contribution < -0.4 is 15.5 Å². The van der Waals surface area contributed by atoms with Gasteiger partial charge in [0, 0.05) is 11.1 Å². The Morgan fingerprint density at radius 1 is 0.891 bits per heavy atom. The predicted molar refractivity (Wildman–Crippen MR) is 183 cm³/mol. The summed E-state index contributed by atoms with van der Waals surface area (Å²) in [5.74, 6) is -3.51. The van der Waals surface area contributed by atoms with E-state index in [4.69, 9.17) is 18.7 Å². The molecular weight excluding hydrogens is 755 g/mol. The van der Waals surface area contributed by atoms with Crippen molar-refractivity contribution in [2.24, 2.45) is 0 Å². The smallest absolute Gasteiger partial charge is 0.444 e. The summed E-state index contributed by atoms with van der Waals surface area (Å²) in [5, 5.41) is 12.5. The fraction of sp³-hybridized carbons (Fsp3) is 0.441. The summed E-state index contributed by atoms with van der Waals surface area (Å²) >= 11 is 0. The summed E-state index contributed by atoms with van der Waals surface area (Å²) in [6.07, 6.45) is -6.61. The Bertz CT molecular complexity index is 2220. The molecule has 2 aromatic carbocycles. The number of nitrogens with one attached hydrogen (secondary N) is 2. The van der Waals surface area contributed by atoms with Gasteiger partial charge >= 0.3 is 24.3 Å². The van der Waals surface area contributed by atoms with Crippen LogP contribution in [0.3, 0.4) is 0 Å². The predicted octanol–water partition coefficient (Wildman–Crippen LogP) is 4.77. The number of rotatable bonds is 7. The summed E-state index contributed by atoms with van der Waals surface area (Å²) in [7, 11) is -4.26. The largest absolute Gasteiger partial charge is 0.471 e. The van der Waals surface area contributed by atoms with E-state index in [9.17, 15) is 36.0 Å². The highest BCUT2D eigenvalue weighted by Crippen LogP contribution is 2.37. The van der Waals surface area contributed by atoms with Crippen LogP contribution in [0, 0.1) is 0 Å². The first kappa shape index (κ1) is 39.1. The average molecular weight is 792 g/mol. The van der Waals surface area contributed by atoms with Crippen LogP contribution in [0.25, 0.3) is 22.8 Å². The van der Waals surface area contributed by atoms with Crippen LogP contribution in [0.4, 0.5) is 28.4 Å². The second kappa shape index (κ2) is 13.9. The number of benzene rings is 2. The maximum Gasteiger partial charge on any atom is 0.471 e. The van der Waals surface area contributed by atoms with E-state index in [-0.39, 0.29) is 59.0 Å². The molecule has 0 radical (unpaired) electrons. The number of aromatic nitrogens is 4. The first-order valence-electron chi connectivity index (χ1n) is 16.6. The Morgan fingerprint density at radius 3 is 2.07 bits per heavy atom. The van der Waals surface area contributed by atoms with Crippen LogP contribution in [-0.4, -0.2) is 83.0 Å². The lowest BCUT2D eigenvalue weighted by Crippen LogP contribution is -2.60. The molecule has 21 heteroatoms. The molecule has 6 rings (SSSR count). The molecule has 0 unspecified atom stereocenters. The minimum atomic E-state index is -4.85. The number of halogens is 3. The Morgan fingerprint density at radius 2 is 1.49 bits per heavy atom. The van der Waals surface area contributed by atoms with Gasteiger partial charge in [-0.25, -0.2) is 18.0 Å². The minimum Gasteiger partial charge on any atom is -0.444 e. The van der Waals surface area contributed by atoms with Crippen LogP contribution in [-0.2, 0) is 47.1 Å². The monoisotopic (exact) mass is 791 g/mol. The number of amides is 3. The lowest BCUT2D eigenvalue weighted by molar-refractivity contribution is -0.159. The van der Waals surface area contributed by atoms with Crippen molar-refractivity contribution in [2.45, 2.75) is 81.9 Å². The lowest BCUT2D eigenvalue weighted by atomic mass is 9.97. The number of sulfone groups is 1. The minimum absolute atomic E-state index is 0.000370. The first-order chi connectivity index (χ1) is 25.5. The van der Waals surface area contributed by atoms with E-state index in [1.54, 1.807) is 41.5 Å². The molecule has 55 heavy (non-hydrogen) atoms. The first-order valence-corrected chi connectivity index (χ1v) is 18.3. The van der Waals surface area contributed by atoms with Crippen LogP contribution in [0.2, 0.25) is 0 Å². The highest BCUT2D eigenvalue weighted by atomic mass is 32.2. The number of fused-ring (bicyclic) bond motifs is 1. The van der Waals surface area contributed by atoms with E-state index in [0.29, 0.717) is 5.56 Å². The van der Waals surface area contributed by atoms with Gasteiger partial charge in [-0.2, -0.15) is 23.1 Å². The number of carbonyl (C=O) groups is 3. The van der Waals surface area contributed by atoms with Crippen LogP contribution in [0.15, 0.2) is 56.4 Å². The second-order valence-electron chi connectivity index (χ2n) is 14.8. The summed E-state index contributed by atoms with van der Waals surface area (Å²) in [6, 6.07) is 8.22. The quantitative estimate of drug-likeness (QED) is 0.258. The van der Waals surface area contributed by atoms with Gasteiger partial charge in [0.1, 0.15) is 17.2 Å². The molecule has 0 bridgehead atoms. The summed E-state index contributed by atoms with van der Waals surface area (Å²) in [6.45, 7) is 9.62. The maximum absolute atomic E-state index is 14.3. The van der Waals surface area contributed by atoms with Gasteiger partial charge in [0.05, 0.1) is 36.1 Å². The van der Waals surface area contributed by atoms with E-state index in [1.807, 2.05) is 0 Å². The van der Waals surface area contributed by atoms with E-state index >= 15 is 0 Å². The number of ether oxygens (including phenoxy) is 3. The summed E-state index contributed by atoms with van der Waals surface area (Å²) < 4.78 is 92.6. The van der Waals surface area contributed by atoms with Crippen LogP contribution in [0.5, 0.6) is 0 Å². The highest BCUT2D eigenvalue weighted by molar-refractivity contribution is 7.91. The number of alkyl halides is 3. The van der Waals surface area contributed by atoms with E-state index < -0.39 is 68.5 Å². The molecule has 1 fully saturated rings. The zero-order valence-electron chi connectivity index (χ0n) is 30.3. The molecule has 2 aromatic heterocycles. The molecule has 17 nitrogen and oxygen atoms in total. The molecule has 1 atom stereocenters. The topological polar surface area (TPSA) is 218 Å². The summed E-state index contributed by atoms with van der Waals surface area (Å²) in [4.78, 5) is 48.4. The number of carbonyl (C=O) groups excluding carboxylic acids is 3. The van der Waals surface area contributed by atoms with Gasteiger partial charge in [0.15, 0.2) is 15.4 Å². The molecule has 1 saturated heterocycles. The van der Waals surface area contributed by atoms with E-state index in [1.165, 1.54) is 42.5 Å². The highest BCUT2D eigenvalue weighted by Gasteiger charge is 2.48. The van der Waals surface area contributed by atoms with Crippen molar-refractivity contribution < 1.29 is 59.2 Å². The maximum atomic E-state index is 14.3. The number of hydrogen-bond donors (Lipinski definition) is 2. The third-order valence-corrected chi connectivity index (χ3v) is 9.77. The molecule has 2 N–H and O–H groups in total. The number of nitrogens with zero attached hydrogens (tertiary/aromatic N) is 5. The normalized spacial score (nSPS) is 18.1. The molecule has 4 heterocycles. The fourth-order valence-corrected chi connectivity index (χ4v) is 7.13. The van der Waals surface area contributed by atoms with Gasteiger partial charge in [0.2, 0.25) is 11.6 Å². The summed E-state index contributed by atoms with van der Waals surface area (Å²) in [5.41, 5.74) is -2.25. The lowest BCUT2D eigenvalue weighted by Gasteiger charge is -2.38. The Labute approximate surface area is 311 Å². The zero-order chi connectivity index (χ0) is 40.1. The second-order valence-corrected chi connectivity index (χ2v) is 16.8. The van der Waals surface area contributed by atoms with Crippen LogP contribution >= 0.6 is 0 Å². The van der Waals surface area contributed by atoms with Crippen molar-refractivity contribution in [1.82, 2.24) is 30.9 Å². The molecule has 2 aliphatic rings. The van der Waals surface area contributed by atoms with Crippen molar-refractivity contribution in [1.29, 1.82) is 0 Å². The zero-order valence-corrected chi connectivity index (χ0v) is 31.1. The molecular formula is C34H36F3N7O10S. The molecule has 2 aliphatic heterocycles. The molecule has 0 aliphatic carbocycles. The third kappa shape index (κ3) is 8.72. The van der Waals surface area contributed by atoms with E-state index in [0.717, 1.165) is 4.90 Å². The molecule has 0 saturated carbocycles. The van der Waals surface area contributed by atoms with Gasteiger partial charge in [0.25, 0.3) is 11.8 Å². The Hall–Kier alpha value is -5.57. The van der Waals surface area contributed by atoms with Gasteiger partial charge in [-0.05, 0) is 65.3 Å². The number of hydrogen-bond acceptors (Lipinski definition) is 14.